The summed E-state index contributed by atoms with van der Waals surface area (Å²) < 4.78 is 6.55. The zero-order valence-electron chi connectivity index (χ0n) is 13.7. The quantitative estimate of drug-likeness (QED) is 0.698. The van der Waals surface area contributed by atoms with Crippen LogP contribution in [0.5, 0.6) is 0 Å². The number of carbonyl (C=O) groups is 1. The van der Waals surface area contributed by atoms with Gasteiger partial charge >= 0.3 is 6.09 Å². The van der Waals surface area contributed by atoms with E-state index in [1.807, 2.05) is 32.9 Å². The molecule has 0 saturated heterocycles. The highest BCUT2D eigenvalue weighted by atomic mass is 79.9. The van der Waals surface area contributed by atoms with Crippen LogP contribution in [0.3, 0.4) is 0 Å². The number of nitrogens with one attached hydrogen (secondary N) is 1. The van der Waals surface area contributed by atoms with E-state index in [9.17, 15) is 4.79 Å². The monoisotopic (exact) mass is 367 g/mol. The second-order valence-electron chi connectivity index (χ2n) is 7.13. The fraction of sp³-hybridized carbons (Fsp3) is 0.611. The second-order valence-corrected chi connectivity index (χ2v) is 8.05. The molecule has 3 nitrogen and oxygen atoms in total. The number of halogens is 1. The summed E-state index contributed by atoms with van der Waals surface area (Å²) in [5, 5.41) is 3.19. The Labute approximate surface area is 141 Å². The fourth-order valence-electron chi connectivity index (χ4n) is 3.09. The molecule has 1 aliphatic rings. The predicted octanol–water partition coefficient (Wildman–Crippen LogP) is 5.52. The summed E-state index contributed by atoms with van der Waals surface area (Å²) in [4.78, 5) is 12.3. The lowest BCUT2D eigenvalue weighted by Gasteiger charge is -2.35. The van der Waals surface area contributed by atoms with Gasteiger partial charge in [-0.3, -0.25) is 0 Å². The van der Waals surface area contributed by atoms with Crippen LogP contribution in [0.4, 0.5) is 4.79 Å². The molecular formula is C18H26BrNO2. The van der Waals surface area contributed by atoms with Crippen molar-refractivity contribution < 1.29 is 9.53 Å². The summed E-state index contributed by atoms with van der Waals surface area (Å²) in [6, 6.07) is 8.29. The van der Waals surface area contributed by atoms with Crippen molar-refractivity contribution in [3.63, 3.8) is 0 Å². The molecule has 1 aromatic carbocycles. The molecule has 4 heteroatoms. The van der Waals surface area contributed by atoms with E-state index >= 15 is 0 Å². The Morgan fingerprint density at radius 1 is 1.09 bits per heavy atom. The molecule has 0 unspecified atom stereocenters. The number of hydrogen-bond acceptors (Lipinski definition) is 2. The highest BCUT2D eigenvalue weighted by Gasteiger charge is 2.35. The first kappa shape index (κ1) is 17.3. The zero-order chi connectivity index (χ0) is 16.2. The van der Waals surface area contributed by atoms with Gasteiger partial charge in [0.05, 0.1) is 5.54 Å². The topological polar surface area (TPSA) is 38.3 Å². The molecule has 22 heavy (non-hydrogen) atoms. The molecule has 1 fully saturated rings. The molecule has 0 aromatic heterocycles. The maximum absolute atomic E-state index is 12.3. The molecule has 2 rings (SSSR count). The molecule has 1 aromatic rings. The molecule has 1 saturated carbocycles. The standard InChI is InChI=1S/C18H26BrNO2/c1-17(2,3)22-16(21)20-18(12-6-4-5-7-13-18)14-8-10-15(19)11-9-14/h8-11H,4-7,12-13H2,1-3H3,(H,20,21). The van der Waals surface area contributed by atoms with E-state index in [0.29, 0.717) is 0 Å². The van der Waals surface area contributed by atoms with E-state index < -0.39 is 5.60 Å². The van der Waals surface area contributed by atoms with Gasteiger partial charge in [0.25, 0.3) is 0 Å². The van der Waals surface area contributed by atoms with E-state index in [2.05, 4.69) is 33.4 Å². The number of rotatable bonds is 2. The van der Waals surface area contributed by atoms with Gasteiger partial charge in [0.2, 0.25) is 0 Å². The van der Waals surface area contributed by atoms with Gasteiger partial charge in [0, 0.05) is 4.47 Å². The number of hydrogen-bond donors (Lipinski definition) is 1. The van der Waals surface area contributed by atoms with Crippen LogP contribution in [-0.2, 0) is 10.3 Å². The van der Waals surface area contributed by atoms with Crippen molar-refractivity contribution in [2.24, 2.45) is 0 Å². The van der Waals surface area contributed by atoms with Gasteiger partial charge in [0.1, 0.15) is 5.60 Å². The zero-order valence-corrected chi connectivity index (χ0v) is 15.3. The van der Waals surface area contributed by atoms with Crippen LogP contribution in [0.1, 0.15) is 64.9 Å². The van der Waals surface area contributed by atoms with E-state index in [1.54, 1.807) is 0 Å². The highest BCUT2D eigenvalue weighted by Crippen LogP contribution is 2.36. The van der Waals surface area contributed by atoms with Crippen LogP contribution in [0.15, 0.2) is 28.7 Å². The van der Waals surface area contributed by atoms with Crippen molar-refractivity contribution in [2.45, 2.75) is 70.4 Å². The Balaban J connectivity index is 2.25. The van der Waals surface area contributed by atoms with E-state index in [1.165, 1.54) is 18.4 Å². The van der Waals surface area contributed by atoms with Crippen molar-refractivity contribution in [2.75, 3.05) is 0 Å². The van der Waals surface area contributed by atoms with Gasteiger partial charge in [-0.2, -0.15) is 0 Å². The minimum absolute atomic E-state index is 0.306. The largest absolute Gasteiger partial charge is 0.444 e. The summed E-state index contributed by atoms with van der Waals surface area (Å²) in [6.45, 7) is 5.68. The third kappa shape index (κ3) is 4.73. The minimum atomic E-state index is -0.476. The average molecular weight is 368 g/mol. The molecule has 0 radical (unpaired) electrons. The Morgan fingerprint density at radius 3 is 2.14 bits per heavy atom. The Hall–Kier alpha value is -1.03. The summed E-state index contributed by atoms with van der Waals surface area (Å²) in [5.74, 6) is 0. The lowest BCUT2D eigenvalue weighted by Crippen LogP contribution is -2.47. The lowest BCUT2D eigenvalue weighted by atomic mass is 9.83. The van der Waals surface area contributed by atoms with Crippen molar-refractivity contribution in [3.05, 3.63) is 34.3 Å². The van der Waals surface area contributed by atoms with Crippen molar-refractivity contribution in [1.29, 1.82) is 0 Å². The summed E-state index contributed by atoms with van der Waals surface area (Å²) >= 11 is 3.48. The number of carbonyl (C=O) groups excluding carboxylic acids is 1. The van der Waals surface area contributed by atoms with Crippen LogP contribution in [-0.4, -0.2) is 11.7 Å². The Kier molecular flexibility index (Phi) is 5.54. The first-order valence-electron chi connectivity index (χ1n) is 8.08. The van der Waals surface area contributed by atoms with Crippen LogP contribution >= 0.6 is 15.9 Å². The molecule has 0 spiro atoms. The predicted molar refractivity (Wildman–Crippen MR) is 92.9 cm³/mol. The first-order valence-corrected chi connectivity index (χ1v) is 8.87. The molecular weight excluding hydrogens is 342 g/mol. The van der Waals surface area contributed by atoms with E-state index in [0.717, 1.165) is 30.2 Å². The van der Waals surface area contributed by atoms with Gasteiger partial charge in [-0.25, -0.2) is 4.79 Å². The third-order valence-electron chi connectivity index (χ3n) is 4.09. The normalized spacial score (nSPS) is 18.4. The maximum atomic E-state index is 12.3. The number of benzene rings is 1. The molecule has 1 aliphatic carbocycles. The molecule has 1 amide bonds. The summed E-state index contributed by atoms with van der Waals surface area (Å²) in [6.07, 6.45) is 6.33. The van der Waals surface area contributed by atoms with Gasteiger partial charge in [0.15, 0.2) is 0 Å². The molecule has 122 valence electrons. The average Bonchev–Trinajstić information content (AvgIpc) is 2.63. The van der Waals surface area contributed by atoms with Gasteiger partial charge in [-0.1, -0.05) is 53.7 Å². The Morgan fingerprint density at radius 2 is 1.64 bits per heavy atom. The molecule has 0 heterocycles. The van der Waals surface area contributed by atoms with Crippen LogP contribution in [0, 0.1) is 0 Å². The van der Waals surface area contributed by atoms with Crippen LogP contribution in [0.25, 0.3) is 0 Å². The smallest absolute Gasteiger partial charge is 0.408 e. The molecule has 1 N–H and O–H groups in total. The lowest BCUT2D eigenvalue weighted by molar-refractivity contribution is 0.0438. The molecule has 0 aliphatic heterocycles. The Bertz CT molecular complexity index is 497. The highest BCUT2D eigenvalue weighted by molar-refractivity contribution is 9.10. The fourth-order valence-corrected chi connectivity index (χ4v) is 3.35. The first-order chi connectivity index (χ1) is 10.3. The number of alkyl carbamates (subject to hydrolysis) is 1. The van der Waals surface area contributed by atoms with Crippen molar-refractivity contribution >= 4 is 22.0 Å². The second kappa shape index (κ2) is 7.03. The molecule has 0 atom stereocenters. The summed E-state index contributed by atoms with van der Waals surface area (Å²) in [5.41, 5.74) is 0.387. The van der Waals surface area contributed by atoms with Gasteiger partial charge in [-0.05, 0) is 51.3 Å². The maximum Gasteiger partial charge on any atom is 0.408 e. The van der Waals surface area contributed by atoms with E-state index in [-0.39, 0.29) is 11.6 Å². The number of ether oxygens (including phenoxy) is 1. The SMILES string of the molecule is CC(C)(C)OC(=O)NC1(c2ccc(Br)cc2)CCCCCC1. The van der Waals surface area contributed by atoms with Crippen molar-refractivity contribution in [1.82, 2.24) is 5.32 Å². The summed E-state index contributed by atoms with van der Waals surface area (Å²) in [7, 11) is 0. The van der Waals surface area contributed by atoms with Crippen LogP contribution in [0.2, 0.25) is 0 Å². The molecule has 0 bridgehead atoms. The number of amides is 1. The van der Waals surface area contributed by atoms with Gasteiger partial charge in [-0.15, -0.1) is 0 Å². The third-order valence-corrected chi connectivity index (χ3v) is 4.62. The van der Waals surface area contributed by atoms with Crippen molar-refractivity contribution in [3.8, 4) is 0 Å². The van der Waals surface area contributed by atoms with Gasteiger partial charge < -0.3 is 10.1 Å². The van der Waals surface area contributed by atoms with Crippen LogP contribution < -0.4 is 5.32 Å². The van der Waals surface area contributed by atoms with E-state index in [4.69, 9.17) is 4.74 Å². The minimum Gasteiger partial charge on any atom is -0.444 e.